The molecule has 1 N–H and O–H groups in total. The molecule has 1 fully saturated rings. The number of esters is 1. The fraction of sp³-hybridized carbons (Fsp3) is 0.321. The molecule has 0 saturated carbocycles. The summed E-state index contributed by atoms with van der Waals surface area (Å²) in [6, 6.07) is 19.3. The number of carbonyl (C=O) groups is 1. The number of phenols is 1. The van der Waals surface area contributed by atoms with Crippen LogP contribution in [0.2, 0.25) is 0 Å². The predicted octanol–water partition coefficient (Wildman–Crippen LogP) is 4.81. The van der Waals surface area contributed by atoms with E-state index in [4.69, 9.17) is 9.47 Å². The fourth-order valence-corrected chi connectivity index (χ4v) is 4.35. The van der Waals surface area contributed by atoms with Gasteiger partial charge in [-0.1, -0.05) is 30.3 Å². The second-order valence-electron chi connectivity index (χ2n) is 8.54. The van der Waals surface area contributed by atoms with Gasteiger partial charge in [-0.3, -0.25) is 4.90 Å². The molecule has 0 radical (unpaired) electrons. The average Bonchev–Trinajstić information content (AvgIpc) is 3.38. The van der Waals surface area contributed by atoms with Crippen LogP contribution >= 0.6 is 0 Å². The van der Waals surface area contributed by atoms with Crippen LogP contribution in [-0.4, -0.2) is 49.9 Å². The van der Waals surface area contributed by atoms with E-state index in [0.29, 0.717) is 12.2 Å². The van der Waals surface area contributed by atoms with Gasteiger partial charge in [-0.2, -0.15) is 0 Å². The van der Waals surface area contributed by atoms with Crippen molar-refractivity contribution in [2.24, 2.45) is 0 Å². The van der Waals surface area contributed by atoms with Gasteiger partial charge in [-0.05, 0) is 84.9 Å². The van der Waals surface area contributed by atoms with E-state index >= 15 is 0 Å². The van der Waals surface area contributed by atoms with Gasteiger partial charge in [0.2, 0.25) is 0 Å². The lowest BCUT2D eigenvalue weighted by Crippen LogP contribution is -2.18. The molecule has 0 aliphatic carbocycles. The lowest BCUT2D eigenvalue weighted by Gasteiger charge is -2.18. The minimum atomic E-state index is -0.429. The first-order valence-corrected chi connectivity index (χ1v) is 11.6. The van der Waals surface area contributed by atoms with Crippen molar-refractivity contribution in [3.05, 3.63) is 77.4 Å². The van der Waals surface area contributed by atoms with Crippen LogP contribution in [-0.2, 0) is 22.5 Å². The van der Waals surface area contributed by atoms with E-state index < -0.39 is 5.97 Å². The predicted molar refractivity (Wildman–Crippen MR) is 131 cm³/mol. The third-order valence-electron chi connectivity index (χ3n) is 6.18. The molecule has 0 spiro atoms. The fourth-order valence-electron chi connectivity index (χ4n) is 4.35. The van der Waals surface area contributed by atoms with Crippen LogP contribution in [0.1, 0.15) is 29.5 Å². The quantitative estimate of drug-likeness (QED) is 0.462. The number of hydrogen-bond donors (Lipinski definition) is 1. The molecule has 6 nitrogen and oxygen atoms in total. The summed E-state index contributed by atoms with van der Waals surface area (Å²) in [5, 5.41) is 10.1. The smallest absolute Gasteiger partial charge is 0.343 e. The SMILES string of the molecule is COC(=O)COc1ccc(-c2cc(O)ccc2Cc2ccc(CN3CCCC3)c(OC)c2)cc1. The molecule has 1 saturated heterocycles. The largest absolute Gasteiger partial charge is 0.508 e. The van der Waals surface area contributed by atoms with Crippen molar-refractivity contribution in [2.75, 3.05) is 33.9 Å². The highest BCUT2D eigenvalue weighted by Crippen LogP contribution is 2.32. The minimum absolute atomic E-state index is 0.136. The van der Waals surface area contributed by atoms with Crippen molar-refractivity contribution >= 4 is 5.97 Å². The normalized spacial score (nSPS) is 13.6. The Morgan fingerprint density at radius 3 is 2.38 bits per heavy atom. The van der Waals surface area contributed by atoms with Gasteiger partial charge >= 0.3 is 5.97 Å². The first-order chi connectivity index (χ1) is 16.6. The Morgan fingerprint density at radius 2 is 1.68 bits per heavy atom. The Morgan fingerprint density at radius 1 is 0.941 bits per heavy atom. The number of likely N-dealkylation sites (tertiary alicyclic amines) is 1. The van der Waals surface area contributed by atoms with E-state index in [0.717, 1.165) is 47.6 Å². The van der Waals surface area contributed by atoms with E-state index in [1.165, 1.54) is 25.5 Å². The van der Waals surface area contributed by atoms with Gasteiger partial charge in [-0.15, -0.1) is 0 Å². The van der Waals surface area contributed by atoms with Crippen molar-refractivity contribution in [1.82, 2.24) is 4.90 Å². The van der Waals surface area contributed by atoms with Crippen LogP contribution in [0.5, 0.6) is 17.2 Å². The van der Waals surface area contributed by atoms with E-state index in [2.05, 4.69) is 27.8 Å². The minimum Gasteiger partial charge on any atom is -0.508 e. The summed E-state index contributed by atoms with van der Waals surface area (Å²) in [5.41, 5.74) is 5.34. The topological polar surface area (TPSA) is 68.2 Å². The maximum atomic E-state index is 11.3. The Balaban J connectivity index is 1.53. The first kappa shape index (κ1) is 23.6. The van der Waals surface area contributed by atoms with E-state index in [1.807, 2.05) is 30.3 Å². The summed E-state index contributed by atoms with van der Waals surface area (Å²) in [4.78, 5) is 13.8. The van der Waals surface area contributed by atoms with Crippen molar-refractivity contribution in [1.29, 1.82) is 0 Å². The van der Waals surface area contributed by atoms with Crippen LogP contribution in [0, 0.1) is 0 Å². The number of benzene rings is 3. The molecule has 6 heteroatoms. The zero-order valence-corrected chi connectivity index (χ0v) is 19.8. The molecule has 0 bridgehead atoms. The number of ether oxygens (including phenoxy) is 3. The molecule has 0 unspecified atom stereocenters. The second kappa shape index (κ2) is 11.1. The van der Waals surface area contributed by atoms with Crippen LogP contribution in [0.3, 0.4) is 0 Å². The summed E-state index contributed by atoms with van der Waals surface area (Å²) in [6.07, 6.45) is 3.24. The maximum Gasteiger partial charge on any atom is 0.343 e. The van der Waals surface area contributed by atoms with Crippen LogP contribution in [0.25, 0.3) is 11.1 Å². The summed E-state index contributed by atoms with van der Waals surface area (Å²) >= 11 is 0. The van der Waals surface area contributed by atoms with E-state index in [1.54, 1.807) is 19.2 Å². The van der Waals surface area contributed by atoms with E-state index in [9.17, 15) is 9.90 Å². The molecule has 1 aliphatic rings. The molecular formula is C28H31NO5. The Kier molecular flexibility index (Phi) is 7.70. The summed E-state index contributed by atoms with van der Waals surface area (Å²) in [7, 11) is 3.05. The number of hydrogen-bond acceptors (Lipinski definition) is 6. The number of aromatic hydroxyl groups is 1. The van der Waals surface area contributed by atoms with Gasteiger partial charge in [0.25, 0.3) is 0 Å². The third-order valence-corrected chi connectivity index (χ3v) is 6.18. The van der Waals surface area contributed by atoms with Gasteiger partial charge in [0.1, 0.15) is 17.2 Å². The lowest BCUT2D eigenvalue weighted by molar-refractivity contribution is -0.142. The van der Waals surface area contributed by atoms with E-state index in [-0.39, 0.29) is 12.4 Å². The van der Waals surface area contributed by atoms with Gasteiger partial charge in [-0.25, -0.2) is 4.79 Å². The van der Waals surface area contributed by atoms with Gasteiger partial charge in [0, 0.05) is 12.1 Å². The number of methoxy groups -OCH3 is 2. The summed E-state index contributed by atoms with van der Waals surface area (Å²) < 4.78 is 15.8. The molecule has 4 rings (SSSR count). The third kappa shape index (κ3) is 5.88. The Hall–Kier alpha value is -3.51. The average molecular weight is 462 g/mol. The molecule has 3 aromatic rings. The Labute approximate surface area is 200 Å². The molecule has 178 valence electrons. The first-order valence-electron chi connectivity index (χ1n) is 11.6. The summed E-state index contributed by atoms with van der Waals surface area (Å²) in [6.45, 7) is 3.07. The van der Waals surface area contributed by atoms with Gasteiger partial charge in [0.05, 0.1) is 14.2 Å². The zero-order valence-electron chi connectivity index (χ0n) is 19.8. The van der Waals surface area contributed by atoms with Gasteiger partial charge < -0.3 is 19.3 Å². The Bertz CT molecular complexity index is 1120. The highest BCUT2D eigenvalue weighted by Gasteiger charge is 2.15. The van der Waals surface area contributed by atoms with Crippen molar-refractivity contribution in [2.45, 2.75) is 25.8 Å². The number of nitrogens with zero attached hydrogens (tertiary/aromatic N) is 1. The summed E-state index contributed by atoms with van der Waals surface area (Å²) in [5.74, 6) is 1.27. The number of carbonyl (C=O) groups excluding carboxylic acids is 1. The standard InChI is InChI=1S/C28H31NO5/c1-32-27-16-20(5-6-23(27)18-29-13-3-4-14-29)15-22-7-10-24(30)17-26(22)21-8-11-25(12-9-21)34-19-28(31)33-2/h5-12,16-17,30H,3-4,13-15,18-19H2,1-2H3. The molecule has 1 heterocycles. The molecule has 3 aromatic carbocycles. The lowest BCUT2D eigenvalue weighted by atomic mass is 9.94. The number of rotatable bonds is 9. The molecule has 34 heavy (non-hydrogen) atoms. The molecule has 0 aromatic heterocycles. The van der Waals surface area contributed by atoms with Gasteiger partial charge in [0.15, 0.2) is 6.61 Å². The second-order valence-corrected chi connectivity index (χ2v) is 8.54. The van der Waals surface area contributed by atoms with Crippen LogP contribution < -0.4 is 9.47 Å². The van der Waals surface area contributed by atoms with Crippen molar-refractivity contribution in [3.63, 3.8) is 0 Å². The maximum absolute atomic E-state index is 11.3. The van der Waals surface area contributed by atoms with Crippen molar-refractivity contribution in [3.8, 4) is 28.4 Å². The van der Waals surface area contributed by atoms with Crippen LogP contribution in [0.15, 0.2) is 60.7 Å². The zero-order chi connectivity index (χ0) is 23.9. The highest BCUT2D eigenvalue weighted by atomic mass is 16.6. The highest BCUT2D eigenvalue weighted by molar-refractivity contribution is 5.72. The molecule has 0 amide bonds. The number of phenolic OH excluding ortho intramolecular Hbond substituents is 1. The molecular weight excluding hydrogens is 430 g/mol. The monoisotopic (exact) mass is 461 g/mol. The molecule has 1 aliphatic heterocycles. The van der Waals surface area contributed by atoms with Crippen LogP contribution in [0.4, 0.5) is 0 Å². The molecule has 0 atom stereocenters. The van der Waals surface area contributed by atoms with Crippen molar-refractivity contribution < 1.29 is 24.1 Å².